The molecule has 172 valence electrons. The summed E-state index contributed by atoms with van der Waals surface area (Å²) in [4.78, 5) is 13.8. The Hall–Kier alpha value is -2.63. The van der Waals surface area contributed by atoms with Crippen LogP contribution in [0.15, 0.2) is 35.1 Å². The molecule has 1 aromatic carbocycles. The summed E-state index contributed by atoms with van der Waals surface area (Å²) in [5, 5.41) is 3.46. The number of aromatic nitrogens is 2. The van der Waals surface area contributed by atoms with E-state index in [2.05, 4.69) is 5.10 Å². The molecular weight excluding hydrogens is 438 g/mol. The van der Waals surface area contributed by atoms with Crippen LogP contribution in [0.5, 0.6) is 0 Å². The van der Waals surface area contributed by atoms with Crippen LogP contribution in [0.2, 0.25) is 0 Å². The molecule has 1 unspecified atom stereocenters. The highest BCUT2D eigenvalue weighted by molar-refractivity contribution is 8.03. The maximum absolute atomic E-state index is 14.7. The molecule has 0 saturated carbocycles. The average molecular weight is 465 g/mol. The van der Waals surface area contributed by atoms with Crippen LogP contribution in [0, 0.1) is 11.6 Å². The standard InChI is InChI=1S/C21H26F2N6O2S/c1-10-8-11(24)6-7-15(31-10)17-14(9-27-28(17)2)29-18(19(25)30)20(26)32-21(29)16-12(22)4-3-5-13(16)23/h3-5,9-11,15,21H,6-8,24,26H2,1-2H3,(H2,25,30)/t10-,11-,15-,21?/m1/s1. The van der Waals surface area contributed by atoms with Crippen molar-refractivity contribution in [2.45, 2.75) is 49.8 Å². The number of halogens is 2. The molecule has 32 heavy (non-hydrogen) atoms. The number of hydrogen-bond donors (Lipinski definition) is 3. The molecule has 2 aliphatic rings. The number of aryl methyl sites for hydroxylation is 1. The highest BCUT2D eigenvalue weighted by Gasteiger charge is 2.42. The van der Waals surface area contributed by atoms with Crippen LogP contribution in [-0.4, -0.2) is 27.8 Å². The summed E-state index contributed by atoms with van der Waals surface area (Å²) in [6.07, 6.45) is 3.13. The summed E-state index contributed by atoms with van der Waals surface area (Å²) in [5.41, 5.74) is 18.8. The molecule has 6 N–H and O–H groups in total. The minimum Gasteiger partial charge on any atom is -0.392 e. The Balaban J connectivity index is 1.85. The van der Waals surface area contributed by atoms with Crippen molar-refractivity contribution in [2.75, 3.05) is 4.90 Å². The molecule has 11 heteroatoms. The fourth-order valence-electron chi connectivity index (χ4n) is 4.40. The first-order valence-corrected chi connectivity index (χ1v) is 11.2. The largest absolute Gasteiger partial charge is 0.392 e. The molecule has 0 aliphatic carbocycles. The lowest BCUT2D eigenvalue weighted by atomic mass is 10.0. The van der Waals surface area contributed by atoms with Crippen molar-refractivity contribution in [3.05, 3.63) is 58.0 Å². The molecule has 0 bridgehead atoms. The smallest absolute Gasteiger partial charge is 0.268 e. The van der Waals surface area contributed by atoms with Gasteiger partial charge in [-0.2, -0.15) is 5.10 Å². The van der Waals surface area contributed by atoms with Gasteiger partial charge in [-0.15, -0.1) is 0 Å². The van der Waals surface area contributed by atoms with Gasteiger partial charge in [0.25, 0.3) is 5.91 Å². The van der Waals surface area contributed by atoms with Gasteiger partial charge < -0.3 is 26.8 Å². The number of carbonyl (C=O) groups is 1. The normalized spacial score (nSPS) is 26.5. The average Bonchev–Trinajstić information content (AvgIpc) is 3.18. The van der Waals surface area contributed by atoms with Crippen LogP contribution >= 0.6 is 11.8 Å². The SMILES string of the molecule is C[C@@H]1C[C@H](N)CC[C@H](c2c(N3C(C(N)=O)=C(N)SC3c3c(F)cccc3F)cnn2C)O1. The molecule has 3 heterocycles. The molecule has 0 radical (unpaired) electrons. The number of primary amides is 1. The molecule has 1 fully saturated rings. The second-order valence-corrected chi connectivity index (χ2v) is 9.22. The fraction of sp³-hybridized carbons (Fsp3) is 0.429. The number of anilines is 1. The zero-order valence-electron chi connectivity index (χ0n) is 17.8. The van der Waals surface area contributed by atoms with Crippen molar-refractivity contribution in [2.24, 2.45) is 24.2 Å². The first-order chi connectivity index (χ1) is 15.2. The number of nitrogens with zero attached hydrogens (tertiary/aromatic N) is 3. The summed E-state index contributed by atoms with van der Waals surface area (Å²) in [6, 6.07) is 3.61. The third kappa shape index (κ3) is 3.96. The van der Waals surface area contributed by atoms with Crippen LogP contribution in [0.4, 0.5) is 14.5 Å². The van der Waals surface area contributed by atoms with Crippen LogP contribution < -0.4 is 22.1 Å². The van der Waals surface area contributed by atoms with Gasteiger partial charge in [-0.25, -0.2) is 8.78 Å². The number of ether oxygens (including phenoxy) is 1. The van der Waals surface area contributed by atoms with E-state index in [9.17, 15) is 13.6 Å². The number of nitrogens with two attached hydrogens (primary N) is 3. The van der Waals surface area contributed by atoms with Gasteiger partial charge in [0.15, 0.2) is 0 Å². The second kappa shape index (κ2) is 8.72. The summed E-state index contributed by atoms with van der Waals surface area (Å²) in [7, 11) is 1.75. The summed E-state index contributed by atoms with van der Waals surface area (Å²) in [5.74, 6) is -2.30. The van der Waals surface area contributed by atoms with E-state index in [1.165, 1.54) is 17.2 Å². The minimum absolute atomic E-state index is 0.00556. The number of carbonyl (C=O) groups excluding carboxylic acids is 1. The number of rotatable bonds is 4. The van der Waals surface area contributed by atoms with Gasteiger partial charge in [0, 0.05) is 13.1 Å². The van der Waals surface area contributed by atoms with Gasteiger partial charge in [0.1, 0.15) is 28.8 Å². The van der Waals surface area contributed by atoms with Crippen molar-refractivity contribution in [1.82, 2.24) is 9.78 Å². The maximum Gasteiger partial charge on any atom is 0.268 e. The van der Waals surface area contributed by atoms with E-state index < -0.39 is 22.9 Å². The Morgan fingerprint density at radius 3 is 2.62 bits per heavy atom. The summed E-state index contributed by atoms with van der Waals surface area (Å²) >= 11 is 0.961. The Morgan fingerprint density at radius 1 is 1.28 bits per heavy atom. The molecular formula is C21H26F2N6O2S. The number of benzene rings is 1. The first-order valence-electron chi connectivity index (χ1n) is 10.3. The first kappa shape index (κ1) is 22.6. The van der Waals surface area contributed by atoms with Crippen LogP contribution in [0.25, 0.3) is 0 Å². The lowest BCUT2D eigenvalue weighted by Gasteiger charge is -2.30. The molecule has 2 aromatic rings. The second-order valence-electron chi connectivity index (χ2n) is 8.10. The third-order valence-electron chi connectivity index (χ3n) is 5.79. The lowest BCUT2D eigenvalue weighted by molar-refractivity contribution is -0.114. The third-order valence-corrected chi connectivity index (χ3v) is 6.90. The maximum atomic E-state index is 14.7. The highest BCUT2D eigenvalue weighted by atomic mass is 32.2. The van der Waals surface area contributed by atoms with Gasteiger partial charge in [0.05, 0.1) is 34.3 Å². The van der Waals surface area contributed by atoms with Gasteiger partial charge in [-0.1, -0.05) is 17.8 Å². The van der Waals surface area contributed by atoms with Crippen molar-refractivity contribution >= 4 is 23.4 Å². The van der Waals surface area contributed by atoms with Crippen molar-refractivity contribution < 1.29 is 18.3 Å². The molecule has 0 spiro atoms. The van der Waals surface area contributed by atoms with E-state index in [0.29, 0.717) is 24.2 Å². The van der Waals surface area contributed by atoms with Crippen LogP contribution in [0.1, 0.15) is 48.9 Å². The Kier molecular flexibility index (Phi) is 6.15. The topological polar surface area (TPSA) is 125 Å². The zero-order chi connectivity index (χ0) is 23.2. The molecule has 4 rings (SSSR count). The molecule has 1 saturated heterocycles. The zero-order valence-corrected chi connectivity index (χ0v) is 18.6. The Labute approximate surface area is 188 Å². The molecule has 2 aliphatic heterocycles. The Morgan fingerprint density at radius 2 is 1.97 bits per heavy atom. The molecule has 1 aromatic heterocycles. The summed E-state index contributed by atoms with van der Waals surface area (Å²) < 4.78 is 37.3. The van der Waals surface area contributed by atoms with Crippen LogP contribution in [0.3, 0.4) is 0 Å². The quantitative estimate of drug-likeness (QED) is 0.635. The number of thioether (sulfide) groups is 1. The molecule has 1 amide bonds. The van der Waals surface area contributed by atoms with E-state index in [1.54, 1.807) is 11.7 Å². The van der Waals surface area contributed by atoms with Crippen molar-refractivity contribution in [3.8, 4) is 0 Å². The van der Waals surface area contributed by atoms with E-state index in [0.717, 1.165) is 30.3 Å². The lowest BCUT2D eigenvalue weighted by Crippen LogP contribution is -2.32. The van der Waals surface area contributed by atoms with Gasteiger partial charge in [-0.3, -0.25) is 9.48 Å². The minimum atomic E-state index is -0.980. The highest BCUT2D eigenvalue weighted by Crippen LogP contribution is 2.51. The van der Waals surface area contributed by atoms with Gasteiger partial charge in [-0.05, 0) is 38.3 Å². The summed E-state index contributed by atoms with van der Waals surface area (Å²) in [6.45, 7) is 1.95. The number of amides is 1. The Bertz CT molecular complexity index is 1050. The van der Waals surface area contributed by atoms with Crippen molar-refractivity contribution in [3.63, 3.8) is 0 Å². The monoisotopic (exact) mass is 464 g/mol. The van der Waals surface area contributed by atoms with E-state index in [4.69, 9.17) is 21.9 Å². The van der Waals surface area contributed by atoms with Gasteiger partial charge >= 0.3 is 0 Å². The number of hydrogen-bond acceptors (Lipinski definition) is 7. The van der Waals surface area contributed by atoms with E-state index >= 15 is 0 Å². The van der Waals surface area contributed by atoms with Crippen LogP contribution in [-0.2, 0) is 16.6 Å². The predicted octanol–water partition coefficient (Wildman–Crippen LogP) is 2.52. The molecule has 4 atom stereocenters. The molecule has 8 nitrogen and oxygen atoms in total. The van der Waals surface area contributed by atoms with Gasteiger partial charge in [0.2, 0.25) is 0 Å². The van der Waals surface area contributed by atoms with Crippen molar-refractivity contribution in [1.29, 1.82) is 0 Å². The fourth-order valence-corrected chi connectivity index (χ4v) is 5.61. The van der Waals surface area contributed by atoms with E-state index in [-0.39, 0.29) is 34.5 Å². The van der Waals surface area contributed by atoms with E-state index in [1.807, 2.05) is 6.92 Å². The predicted molar refractivity (Wildman–Crippen MR) is 118 cm³/mol.